The van der Waals surface area contributed by atoms with Gasteiger partial charge in [-0.25, -0.2) is 0 Å². The van der Waals surface area contributed by atoms with Crippen molar-refractivity contribution in [3.05, 3.63) is 33.9 Å². The topological polar surface area (TPSA) is 46.4 Å². The van der Waals surface area contributed by atoms with Crippen LogP contribution >= 0.6 is 11.6 Å². The number of nitrogens with zero attached hydrogens (tertiary/aromatic N) is 2. The highest BCUT2D eigenvalue weighted by Crippen LogP contribution is 2.38. The lowest BCUT2D eigenvalue weighted by Gasteiger charge is -2.42. The van der Waals surface area contributed by atoms with Gasteiger partial charge in [0.25, 0.3) is 5.69 Å². The molecule has 2 aliphatic rings. The minimum atomic E-state index is -0.354. The number of hydrogen-bond acceptors (Lipinski definition) is 3. The Morgan fingerprint density at radius 1 is 1.24 bits per heavy atom. The van der Waals surface area contributed by atoms with Gasteiger partial charge in [-0.05, 0) is 36.3 Å². The second-order valence-corrected chi connectivity index (χ2v) is 6.51. The van der Waals surface area contributed by atoms with E-state index >= 15 is 0 Å². The maximum absolute atomic E-state index is 10.9. The molecule has 3 rings (SSSR count). The van der Waals surface area contributed by atoms with Crippen LogP contribution in [0, 0.1) is 22.0 Å². The van der Waals surface area contributed by atoms with E-state index in [4.69, 9.17) is 11.6 Å². The molecule has 1 aliphatic carbocycles. The van der Waals surface area contributed by atoms with Crippen LogP contribution in [0.1, 0.15) is 37.7 Å². The third-order valence-corrected chi connectivity index (χ3v) is 5.34. The number of piperidine rings is 1. The normalized spacial score (nSPS) is 25.5. The number of nitro benzene ring substituents is 1. The average molecular weight is 309 g/mol. The Bertz CT molecular complexity index is 535. The predicted molar refractivity (Wildman–Crippen MR) is 84.9 cm³/mol. The van der Waals surface area contributed by atoms with Gasteiger partial charge >= 0.3 is 0 Å². The number of fused-ring (bicyclic) bond motifs is 1. The van der Waals surface area contributed by atoms with E-state index < -0.39 is 0 Å². The molecule has 4 nitrogen and oxygen atoms in total. The molecule has 0 amide bonds. The minimum absolute atomic E-state index is 0.127. The summed E-state index contributed by atoms with van der Waals surface area (Å²) in [6, 6.07) is 5.09. The standard InChI is InChI=1S/C16H21ClN2O2/c17-10-14-9-15(19(20)21)5-6-16(14)18-8-7-12-3-1-2-4-13(12)11-18/h5-6,9,12-13H,1-4,7-8,10-11H2. The van der Waals surface area contributed by atoms with Gasteiger partial charge in [0.1, 0.15) is 0 Å². The summed E-state index contributed by atoms with van der Waals surface area (Å²) >= 11 is 6.02. The van der Waals surface area contributed by atoms with Crippen LogP contribution in [0.3, 0.4) is 0 Å². The van der Waals surface area contributed by atoms with E-state index in [1.807, 2.05) is 6.07 Å². The van der Waals surface area contributed by atoms with Gasteiger partial charge in [-0.3, -0.25) is 10.1 Å². The molecular formula is C16H21ClN2O2. The first kappa shape index (κ1) is 14.6. The predicted octanol–water partition coefficient (Wildman–Crippen LogP) is 4.35. The van der Waals surface area contributed by atoms with Crippen molar-refractivity contribution in [3.8, 4) is 0 Å². The van der Waals surface area contributed by atoms with E-state index in [1.54, 1.807) is 12.1 Å². The number of halogens is 1. The Morgan fingerprint density at radius 3 is 2.71 bits per heavy atom. The molecule has 1 saturated carbocycles. The van der Waals surface area contributed by atoms with E-state index in [0.29, 0.717) is 5.88 Å². The van der Waals surface area contributed by atoms with Gasteiger partial charge < -0.3 is 4.90 Å². The van der Waals surface area contributed by atoms with Gasteiger partial charge in [-0.15, -0.1) is 11.6 Å². The lowest BCUT2D eigenvalue weighted by Crippen LogP contribution is -2.42. The number of anilines is 1. The van der Waals surface area contributed by atoms with Gasteiger partial charge in [0.2, 0.25) is 0 Å². The molecule has 2 unspecified atom stereocenters. The molecule has 2 atom stereocenters. The highest BCUT2D eigenvalue weighted by atomic mass is 35.5. The van der Waals surface area contributed by atoms with Crippen molar-refractivity contribution < 1.29 is 4.92 Å². The molecular weight excluding hydrogens is 288 g/mol. The first-order valence-electron chi connectivity index (χ1n) is 7.77. The Balaban J connectivity index is 1.81. The maximum Gasteiger partial charge on any atom is 0.269 e. The molecule has 5 heteroatoms. The van der Waals surface area contributed by atoms with Crippen molar-refractivity contribution >= 4 is 23.0 Å². The number of nitro groups is 1. The van der Waals surface area contributed by atoms with E-state index in [9.17, 15) is 10.1 Å². The summed E-state index contributed by atoms with van der Waals surface area (Å²) in [5, 5.41) is 10.9. The zero-order chi connectivity index (χ0) is 14.8. The Labute approximate surface area is 130 Å². The summed E-state index contributed by atoms with van der Waals surface area (Å²) in [7, 11) is 0. The van der Waals surface area contributed by atoms with Gasteiger partial charge in [-0.1, -0.05) is 19.3 Å². The lowest BCUT2D eigenvalue weighted by atomic mass is 9.75. The molecule has 1 saturated heterocycles. The fourth-order valence-corrected chi connectivity index (χ4v) is 4.13. The maximum atomic E-state index is 10.9. The van der Waals surface area contributed by atoms with Crippen LogP contribution in [0.5, 0.6) is 0 Å². The third-order valence-electron chi connectivity index (χ3n) is 5.05. The fourth-order valence-electron chi connectivity index (χ4n) is 3.92. The summed E-state index contributed by atoms with van der Waals surface area (Å²) in [4.78, 5) is 12.9. The minimum Gasteiger partial charge on any atom is -0.371 e. The van der Waals surface area contributed by atoms with Crippen LogP contribution in [0.15, 0.2) is 18.2 Å². The highest BCUT2D eigenvalue weighted by molar-refractivity contribution is 6.17. The number of benzene rings is 1. The van der Waals surface area contributed by atoms with Crippen molar-refractivity contribution in [1.29, 1.82) is 0 Å². The van der Waals surface area contributed by atoms with Crippen molar-refractivity contribution in [1.82, 2.24) is 0 Å². The molecule has 0 radical (unpaired) electrons. The van der Waals surface area contributed by atoms with Crippen molar-refractivity contribution in [2.24, 2.45) is 11.8 Å². The van der Waals surface area contributed by atoms with Crippen molar-refractivity contribution in [2.75, 3.05) is 18.0 Å². The summed E-state index contributed by atoms with van der Waals surface area (Å²) in [6.07, 6.45) is 6.66. The smallest absolute Gasteiger partial charge is 0.269 e. The van der Waals surface area contributed by atoms with E-state index in [2.05, 4.69) is 4.90 Å². The van der Waals surface area contributed by atoms with Crippen LogP contribution in [0.4, 0.5) is 11.4 Å². The number of non-ortho nitro benzene ring substituents is 1. The zero-order valence-electron chi connectivity index (χ0n) is 12.1. The van der Waals surface area contributed by atoms with Gasteiger partial charge in [-0.2, -0.15) is 0 Å². The van der Waals surface area contributed by atoms with Crippen LogP contribution in [0.25, 0.3) is 0 Å². The first-order chi connectivity index (χ1) is 10.2. The van der Waals surface area contributed by atoms with Gasteiger partial charge in [0, 0.05) is 36.8 Å². The van der Waals surface area contributed by atoms with Gasteiger partial charge in [0.15, 0.2) is 0 Å². The molecule has 1 aliphatic heterocycles. The average Bonchev–Trinajstić information content (AvgIpc) is 2.53. The van der Waals surface area contributed by atoms with E-state index in [1.165, 1.54) is 32.1 Å². The lowest BCUT2D eigenvalue weighted by molar-refractivity contribution is -0.384. The molecule has 0 N–H and O–H groups in total. The molecule has 1 aromatic rings. The molecule has 1 aromatic carbocycles. The number of rotatable bonds is 3. The van der Waals surface area contributed by atoms with E-state index in [-0.39, 0.29) is 10.6 Å². The van der Waals surface area contributed by atoms with Crippen LogP contribution in [-0.2, 0) is 5.88 Å². The summed E-state index contributed by atoms with van der Waals surface area (Å²) in [6.45, 7) is 2.12. The SMILES string of the molecule is O=[N+]([O-])c1ccc(N2CCC3CCCCC3C2)c(CCl)c1. The molecule has 21 heavy (non-hydrogen) atoms. The summed E-state index contributed by atoms with van der Waals surface area (Å²) in [5.74, 6) is 1.99. The van der Waals surface area contributed by atoms with Crippen LogP contribution in [0.2, 0.25) is 0 Å². The molecule has 0 bridgehead atoms. The monoisotopic (exact) mass is 308 g/mol. The van der Waals surface area contributed by atoms with Crippen molar-refractivity contribution in [3.63, 3.8) is 0 Å². The second kappa shape index (κ2) is 6.22. The first-order valence-corrected chi connectivity index (χ1v) is 8.30. The second-order valence-electron chi connectivity index (χ2n) is 6.24. The highest BCUT2D eigenvalue weighted by Gasteiger charge is 2.31. The molecule has 0 aromatic heterocycles. The number of alkyl halides is 1. The molecule has 1 heterocycles. The summed E-state index contributed by atoms with van der Waals surface area (Å²) < 4.78 is 0. The summed E-state index contributed by atoms with van der Waals surface area (Å²) in [5.41, 5.74) is 2.08. The Hall–Kier alpha value is -1.29. The largest absolute Gasteiger partial charge is 0.371 e. The Kier molecular flexibility index (Phi) is 4.34. The molecule has 114 valence electrons. The van der Waals surface area contributed by atoms with Crippen molar-refractivity contribution in [2.45, 2.75) is 38.0 Å². The van der Waals surface area contributed by atoms with Crippen LogP contribution < -0.4 is 4.90 Å². The third kappa shape index (κ3) is 3.00. The Morgan fingerprint density at radius 2 is 2.00 bits per heavy atom. The fraction of sp³-hybridized carbons (Fsp3) is 0.625. The quantitative estimate of drug-likeness (QED) is 0.474. The van der Waals surface area contributed by atoms with Gasteiger partial charge in [0.05, 0.1) is 4.92 Å². The zero-order valence-corrected chi connectivity index (χ0v) is 12.9. The molecule has 0 spiro atoms. The van der Waals surface area contributed by atoms with Crippen LogP contribution in [-0.4, -0.2) is 18.0 Å². The van der Waals surface area contributed by atoms with E-state index in [0.717, 1.165) is 36.2 Å². The number of hydrogen-bond donors (Lipinski definition) is 0. The molecule has 2 fully saturated rings.